The fourth-order valence-corrected chi connectivity index (χ4v) is 0.539. The summed E-state index contributed by atoms with van der Waals surface area (Å²) in [7, 11) is 0. The number of H-pyrrole nitrogens is 1. The normalized spacial score (nSPS) is 11.5. The highest BCUT2D eigenvalue weighted by atomic mass is 19.4. The summed E-state index contributed by atoms with van der Waals surface area (Å²) in [4.78, 5) is 10.3. The van der Waals surface area contributed by atoms with E-state index in [0.717, 1.165) is 12.4 Å². The lowest BCUT2D eigenvalue weighted by Crippen LogP contribution is -2.22. The van der Waals surface area contributed by atoms with Gasteiger partial charge in [-0.1, -0.05) is 0 Å². The summed E-state index contributed by atoms with van der Waals surface area (Å²) < 4.78 is 34.9. The number of nitrogens with one attached hydrogen (secondary N) is 1. The lowest BCUT2D eigenvalue weighted by atomic mass is 10.2. The zero-order chi connectivity index (χ0) is 8.48. The van der Waals surface area contributed by atoms with Crippen LogP contribution in [-0.4, -0.2) is 22.2 Å². The minimum atomic E-state index is -4.82. The van der Waals surface area contributed by atoms with E-state index in [1.54, 1.807) is 0 Å². The maximum absolute atomic E-state index is 11.6. The van der Waals surface area contributed by atoms with Crippen molar-refractivity contribution in [2.45, 2.75) is 6.18 Å². The van der Waals surface area contributed by atoms with Gasteiger partial charge in [-0.05, 0) is 0 Å². The number of carbonyl (C=O) groups excluding carboxylic acids is 1. The van der Waals surface area contributed by atoms with Gasteiger partial charge in [0.15, 0.2) is 0 Å². The van der Waals surface area contributed by atoms with Crippen LogP contribution in [0.25, 0.3) is 0 Å². The highest BCUT2D eigenvalue weighted by Crippen LogP contribution is 2.20. The lowest BCUT2D eigenvalue weighted by Gasteiger charge is -2.00. The number of aromatic amines is 1. The fraction of sp³-hybridized carbons (Fsp3) is 0.200. The molecule has 0 aliphatic heterocycles. The van der Waals surface area contributed by atoms with E-state index in [1.165, 1.54) is 0 Å². The minimum absolute atomic E-state index is 0.475. The fourth-order valence-electron chi connectivity index (χ4n) is 0.539. The van der Waals surface area contributed by atoms with Crippen LogP contribution in [-0.2, 0) is 0 Å². The Balaban J connectivity index is 2.88. The smallest absolute Gasteiger partial charge is 0.285 e. The van der Waals surface area contributed by atoms with Gasteiger partial charge in [0.1, 0.15) is 0 Å². The molecule has 11 heavy (non-hydrogen) atoms. The van der Waals surface area contributed by atoms with Gasteiger partial charge in [0, 0.05) is 6.20 Å². The van der Waals surface area contributed by atoms with Crippen molar-refractivity contribution in [1.29, 1.82) is 0 Å². The van der Waals surface area contributed by atoms with E-state index in [-0.39, 0.29) is 0 Å². The molecule has 0 aromatic carbocycles. The Bertz CT molecular complexity index is 251. The van der Waals surface area contributed by atoms with Crippen molar-refractivity contribution in [3.63, 3.8) is 0 Å². The molecule has 0 aliphatic rings. The number of nitrogens with zero attached hydrogens (tertiary/aromatic N) is 1. The predicted octanol–water partition coefficient (Wildman–Crippen LogP) is 1.15. The third-order valence-electron chi connectivity index (χ3n) is 1.02. The summed E-state index contributed by atoms with van der Waals surface area (Å²) in [5, 5.41) is 5.32. The maximum Gasteiger partial charge on any atom is 0.454 e. The first-order valence-electron chi connectivity index (χ1n) is 2.62. The molecule has 0 saturated carbocycles. The molecule has 60 valence electrons. The molecular weight excluding hydrogens is 161 g/mol. The Morgan fingerprint density at radius 1 is 1.55 bits per heavy atom. The first-order valence-corrected chi connectivity index (χ1v) is 2.62. The molecule has 1 heterocycles. The van der Waals surface area contributed by atoms with E-state index in [1.807, 2.05) is 0 Å². The van der Waals surface area contributed by atoms with Crippen molar-refractivity contribution < 1.29 is 18.0 Å². The van der Waals surface area contributed by atoms with Crippen molar-refractivity contribution in [3.8, 4) is 0 Å². The van der Waals surface area contributed by atoms with Gasteiger partial charge in [0.05, 0.1) is 11.8 Å². The predicted molar refractivity (Wildman–Crippen MR) is 29.0 cm³/mol. The van der Waals surface area contributed by atoms with Gasteiger partial charge in [-0.3, -0.25) is 9.89 Å². The quantitative estimate of drug-likeness (QED) is 0.633. The first kappa shape index (κ1) is 7.77. The topological polar surface area (TPSA) is 45.8 Å². The number of halogens is 3. The van der Waals surface area contributed by atoms with Gasteiger partial charge in [-0.15, -0.1) is 0 Å². The van der Waals surface area contributed by atoms with E-state index in [0.29, 0.717) is 0 Å². The molecular formula is C5H3F3N2O. The second-order valence-corrected chi connectivity index (χ2v) is 1.81. The molecule has 1 aromatic heterocycles. The summed E-state index contributed by atoms with van der Waals surface area (Å²) >= 11 is 0. The first-order chi connectivity index (χ1) is 5.02. The Hall–Kier alpha value is -1.33. The molecule has 0 saturated heterocycles. The van der Waals surface area contributed by atoms with Crippen LogP contribution >= 0.6 is 0 Å². The van der Waals surface area contributed by atoms with Crippen molar-refractivity contribution in [1.82, 2.24) is 10.2 Å². The maximum atomic E-state index is 11.6. The van der Waals surface area contributed by atoms with Gasteiger partial charge < -0.3 is 0 Å². The largest absolute Gasteiger partial charge is 0.454 e. The van der Waals surface area contributed by atoms with Gasteiger partial charge >= 0.3 is 6.18 Å². The van der Waals surface area contributed by atoms with Crippen LogP contribution in [0.4, 0.5) is 13.2 Å². The third-order valence-corrected chi connectivity index (χ3v) is 1.02. The average molecular weight is 164 g/mol. The number of alkyl halides is 3. The summed E-state index contributed by atoms with van der Waals surface area (Å²) in [5.74, 6) is -1.88. The zero-order valence-electron chi connectivity index (χ0n) is 5.14. The Labute approximate surface area is 59.2 Å². The number of rotatable bonds is 1. The number of carbonyl (C=O) groups is 1. The van der Waals surface area contributed by atoms with Crippen molar-refractivity contribution in [2.75, 3.05) is 0 Å². The molecule has 0 fully saturated rings. The van der Waals surface area contributed by atoms with E-state index in [4.69, 9.17) is 0 Å². The van der Waals surface area contributed by atoms with Gasteiger partial charge in [0.25, 0.3) is 5.78 Å². The molecule has 0 amide bonds. The number of aromatic nitrogens is 2. The summed E-state index contributed by atoms with van der Waals surface area (Å²) in [6.45, 7) is 0. The highest BCUT2D eigenvalue weighted by molar-refractivity contribution is 5.99. The van der Waals surface area contributed by atoms with Crippen molar-refractivity contribution >= 4 is 5.78 Å². The molecule has 1 aromatic rings. The van der Waals surface area contributed by atoms with Crippen LogP contribution in [0.1, 0.15) is 10.4 Å². The Morgan fingerprint density at radius 3 is 2.55 bits per heavy atom. The average Bonchev–Trinajstić information content (AvgIpc) is 2.34. The lowest BCUT2D eigenvalue weighted by molar-refractivity contribution is -0.0885. The van der Waals surface area contributed by atoms with E-state index in [2.05, 4.69) is 10.2 Å². The molecule has 0 radical (unpaired) electrons. The summed E-state index contributed by atoms with van der Waals surface area (Å²) in [6.07, 6.45) is -3.09. The van der Waals surface area contributed by atoms with E-state index in [9.17, 15) is 18.0 Å². The minimum Gasteiger partial charge on any atom is -0.285 e. The number of hydrogen-bond donors (Lipinski definition) is 1. The van der Waals surface area contributed by atoms with Crippen LogP contribution in [0.3, 0.4) is 0 Å². The summed E-state index contributed by atoms with van der Waals surface area (Å²) in [6, 6.07) is 0. The third kappa shape index (κ3) is 1.57. The standard InChI is InChI=1S/C5H3F3N2O/c6-5(7,8)4(11)3-1-9-10-2-3/h1-2H,(H,9,10). The molecule has 0 atom stereocenters. The molecule has 3 nitrogen and oxygen atoms in total. The van der Waals surface area contributed by atoms with Gasteiger partial charge in [-0.25, -0.2) is 0 Å². The zero-order valence-corrected chi connectivity index (χ0v) is 5.14. The van der Waals surface area contributed by atoms with Crippen molar-refractivity contribution in [3.05, 3.63) is 18.0 Å². The highest BCUT2D eigenvalue weighted by Gasteiger charge is 2.39. The Morgan fingerprint density at radius 2 is 2.18 bits per heavy atom. The van der Waals surface area contributed by atoms with Crippen LogP contribution < -0.4 is 0 Å². The number of ketones is 1. The van der Waals surface area contributed by atoms with Crippen LogP contribution in [0.2, 0.25) is 0 Å². The molecule has 0 aliphatic carbocycles. The second-order valence-electron chi connectivity index (χ2n) is 1.81. The monoisotopic (exact) mass is 164 g/mol. The SMILES string of the molecule is O=C(c1cn[nH]c1)C(F)(F)F. The molecule has 0 spiro atoms. The van der Waals surface area contributed by atoms with Gasteiger partial charge in [0.2, 0.25) is 0 Å². The molecule has 1 rings (SSSR count). The Kier molecular flexibility index (Phi) is 1.67. The molecule has 0 unspecified atom stereocenters. The van der Waals surface area contributed by atoms with E-state index < -0.39 is 17.5 Å². The van der Waals surface area contributed by atoms with Gasteiger partial charge in [-0.2, -0.15) is 18.3 Å². The number of hydrogen-bond acceptors (Lipinski definition) is 2. The van der Waals surface area contributed by atoms with Crippen molar-refractivity contribution in [2.24, 2.45) is 0 Å². The van der Waals surface area contributed by atoms with E-state index >= 15 is 0 Å². The number of Topliss-reactive ketones (excluding diaryl/α,β-unsaturated/α-hetero) is 1. The summed E-state index contributed by atoms with van der Waals surface area (Å²) in [5.41, 5.74) is -0.475. The molecule has 1 N–H and O–H groups in total. The second kappa shape index (κ2) is 2.37. The van der Waals surface area contributed by atoms with Crippen LogP contribution in [0.5, 0.6) is 0 Å². The van der Waals surface area contributed by atoms with Crippen LogP contribution in [0, 0.1) is 0 Å². The molecule has 6 heteroatoms. The molecule has 0 bridgehead atoms. The van der Waals surface area contributed by atoms with Crippen LogP contribution in [0.15, 0.2) is 12.4 Å².